The maximum absolute atomic E-state index is 13.1. The molecule has 110 valence electrons. The summed E-state index contributed by atoms with van der Waals surface area (Å²) in [7, 11) is 1.57. The van der Waals surface area contributed by atoms with E-state index in [0.717, 1.165) is 16.7 Å². The molecule has 0 amide bonds. The number of ether oxygens (including phenoxy) is 1. The van der Waals surface area contributed by atoms with E-state index in [1.54, 1.807) is 13.2 Å². The summed E-state index contributed by atoms with van der Waals surface area (Å²) in [5, 5.41) is 5.13. The van der Waals surface area contributed by atoms with Gasteiger partial charge in [-0.15, -0.1) is 11.3 Å². The van der Waals surface area contributed by atoms with Crippen molar-refractivity contribution in [3.05, 3.63) is 52.7 Å². The SMILES string of the molecule is COc1nc2sccn2c1CNCc1ccc(F)c(F)c1. The van der Waals surface area contributed by atoms with Crippen LogP contribution in [-0.2, 0) is 13.1 Å². The van der Waals surface area contributed by atoms with Gasteiger partial charge in [-0.25, -0.2) is 8.78 Å². The first-order chi connectivity index (χ1) is 10.2. The summed E-state index contributed by atoms with van der Waals surface area (Å²) in [4.78, 5) is 5.21. The van der Waals surface area contributed by atoms with Crippen molar-refractivity contribution in [3.63, 3.8) is 0 Å². The van der Waals surface area contributed by atoms with Gasteiger partial charge in [0.25, 0.3) is 0 Å². The Balaban J connectivity index is 1.71. The molecule has 0 saturated carbocycles. The van der Waals surface area contributed by atoms with Gasteiger partial charge in [0.1, 0.15) is 5.69 Å². The molecule has 21 heavy (non-hydrogen) atoms. The number of nitrogens with one attached hydrogen (secondary N) is 1. The number of imidazole rings is 1. The molecule has 0 atom stereocenters. The number of rotatable bonds is 5. The predicted octanol–water partition coefficient (Wildman–Crippen LogP) is 2.97. The Kier molecular flexibility index (Phi) is 3.85. The predicted molar refractivity (Wildman–Crippen MR) is 76.5 cm³/mol. The van der Waals surface area contributed by atoms with Gasteiger partial charge in [0.15, 0.2) is 16.6 Å². The highest BCUT2D eigenvalue weighted by Crippen LogP contribution is 2.22. The molecule has 0 bridgehead atoms. The van der Waals surface area contributed by atoms with Crippen LogP contribution in [0.1, 0.15) is 11.3 Å². The zero-order chi connectivity index (χ0) is 14.8. The maximum atomic E-state index is 13.1. The van der Waals surface area contributed by atoms with Gasteiger partial charge in [0, 0.05) is 24.7 Å². The monoisotopic (exact) mass is 309 g/mol. The molecule has 0 fully saturated rings. The standard InChI is InChI=1S/C14H13F2N3OS/c1-20-13-12(19-4-5-21-14(19)18-13)8-17-7-9-2-3-10(15)11(16)6-9/h2-6,17H,7-8H2,1H3. The molecule has 0 aliphatic rings. The van der Waals surface area contributed by atoms with E-state index in [4.69, 9.17) is 4.74 Å². The van der Waals surface area contributed by atoms with E-state index >= 15 is 0 Å². The molecule has 2 aromatic heterocycles. The lowest BCUT2D eigenvalue weighted by molar-refractivity contribution is 0.393. The molecule has 3 rings (SSSR count). The third-order valence-corrected chi connectivity index (χ3v) is 3.88. The molecular formula is C14H13F2N3OS. The van der Waals surface area contributed by atoms with Crippen LogP contribution in [0.3, 0.4) is 0 Å². The average Bonchev–Trinajstić information content (AvgIpc) is 3.04. The molecule has 1 N–H and O–H groups in total. The van der Waals surface area contributed by atoms with Crippen LogP contribution in [0, 0.1) is 11.6 Å². The molecule has 3 aromatic rings. The zero-order valence-electron chi connectivity index (χ0n) is 11.3. The van der Waals surface area contributed by atoms with Gasteiger partial charge in [-0.1, -0.05) is 6.07 Å². The molecular weight excluding hydrogens is 296 g/mol. The number of hydrogen-bond donors (Lipinski definition) is 1. The number of hydrogen-bond acceptors (Lipinski definition) is 4. The second kappa shape index (κ2) is 5.79. The van der Waals surface area contributed by atoms with Crippen molar-refractivity contribution in [1.82, 2.24) is 14.7 Å². The summed E-state index contributed by atoms with van der Waals surface area (Å²) in [6.07, 6.45) is 1.92. The van der Waals surface area contributed by atoms with Gasteiger partial charge in [-0.3, -0.25) is 4.40 Å². The molecule has 0 saturated heterocycles. The summed E-state index contributed by atoms with van der Waals surface area (Å²) in [5.41, 5.74) is 1.58. The van der Waals surface area contributed by atoms with Crippen LogP contribution in [0.15, 0.2) is 29.8 Å². The lowest BCUT2D eigenvalue weighted by atomic mass is 10.2. The van der Waals surface area contributed by atoms with Crippen molar-refractivity contribution in [1.29, 1.82) is 0 Å². The molecule has 0 aliphatic carbocycles. The Morgan fingerprint density at radius 2 is 2.14 bits per heavy atom. The number of aromatic nitrogens is 2. The summed E-state index contributed by atoms with van der Waals surface area (Å²) < 4.78 is 33.2. The Labute approximate surface area is 124 Å². The zero-order valence-corrected chi connectivity index (χ0v) is 12.1. The van der Waals surface area contributed by atoms with Crippen molar-refractivity contribution in [3.8, 4) is 5.88 Å². The second-order valence-electron chi connectivity index (χ2n) is 4.48. The number of benzene rings is 1. The van der Waals surface area contributed by atoms with E-state index in [9.17, 15) is 8.78 Å². The van der Waals surface area contributed by atoms with Gasteiger partial charge < -0.3 is 10.1 Å². The van der Waals surface area contributed by atoms with Gasteiger partial charge in [-0.2, -0.15) is 4.98 Å². The third kappa shape index (κ3) is 2.74. The normalized spacial score (nSPS) is 11.2. The minimum absolute atomic E-state index is 0.428. The van der Waals surface area contributed by atoms with Crippen molar-refractivity contribution < 1.29 is 13.5 Å². The van der Waals surface area contributed by atoms with Crippen LogP contribution in [0.2, 0.25) is 0 Å². The summed E-state index contributed by atoms with van der Waals surface area (Å²) in [6, 6.07) is 3.87. The summed E-state index contributed by atoms with van der Waals surface area (Å²) in [6.45, 7) is 0.942. The fourth-order valence-corrected chi connectivity index (χ4v) is 2.84. The summed E-state index contributed by atoms with van der Waals surface area (Å²) >= 11 is 1.52. The van der Waals surface area contributed by atoms with Crippen molar-refractivity contribution >= 4 is 16.3 Å². The van der Waals surface area contributed by atoms with Crippen LogP contribution >= 0.6 is 11.3 Å². The highest BCUT2D eigenvalue weighted by atomic mass is 32.1. The van der Waals surface area contributed by atoms with Crippen molar-refractivity contribution in [2.24, 2.45) is 0 Å². The van der Waals surface area contributed by atoms with E-state index < -0.39 is 11.6 Å². The van der Waals surface area contributed by atoms with Crippen LogP contribution < -0.4 is 10.1 Å². The Morgan fingerprint density at radius 3 is 2.90 bits per heavy atom. The number of halogens is 2. The largest absolute Gasteiger partial charge is 0.480 e. The molecule has 0 unspecified atom stereocenters. The quantitative estimate of drug-likeness (QED) is 0.787. The first kappa shape index (κ1) is 14.0. The Morgan fingerprint density at radius 1 is 1.29 bits per heavy atom. The van der Waals surface area contributed by atoms with Gasteiger partial charge >= 0.3 is 0 Å². The van der Waals surface area contributed by atoms with Crippen LogP contribution in [0.25, 0.3) is 4.96 Å². The number of nitrogens with zero attached hydrogens (tertiary/aromatic N) is 2. The molecule has 0 aliphatic heterocycles. The van der Waals surface area contributed by atoms with Crippen molar-refractivity contribution in [2.75, 3.05) is 7.11 Å². The average molecular weight is 309 g/mol. The van der Waals surface area contributed by atoms with Crippen LogP contribution in [-0.4, -0.2) is 16.5 Å². The van der Waals surface area contributed by atoms with Gasteiger partial charge in [0.2, 0.25) is 5.88 Å². The smallest absolute Gasteiger partial charge is 0.237 e. The Bertz CT molecular complexity index is 769. The Hall–Kier alpha value is -1.99. The lowest BCUT2D eigenvalue weighted by Crippen LogP contribution is -2.14. The minimum atomic E-state index is -0.837. The lowest BCUT2D eigenvalue weighted by Gasteiger charge is -2.06. The topological polar surface area (TPSA) is 38.6 Å². The molecule has 4 nitrogen and oxygen atoms in total. The van der Waals surface area contributed by atoms with Gasteiger partial charge in [-0.05, 0) is 17.7 Å². The first-order valence-electron chi connectivity index (χ1n) is 6.32. The molecule has 1 aromatic carbocycles. The maximum Gasteiger partial charge on any atom is 0.237 e. The van der Waals surface area contributed by atoms with Crippen LogP contribution in [0.4, 0.5) is 8.78 Å². The molecule has 7 heteroatoms. The second-order valence-corrected chi connectivity index (χ2v) is 5.35. The number of thiazole rings is 1. The molecule has 0 radical (unpaired) electrons. The third-order valence-electron chi connectivity index (χ3n) is 3.12. The van der Waals surface area contributed by atoms with E-state index in [2.05, 4.69) is 10.3 Å². The number of methoxy groups -OCH3 is 1. The highest BCUT2D eigenvalue weighted by molar-refractivity contribution is 7.15. The fraction of sp³-hybridized carbons (Fsp3) is 0.214. The van der Waals surface area contributed by atoms with Crippen molar-refractivity contribution in [2.45, 2.75) is 13.1 Å². The molecule has 0 spiro atoms. The number of fused-ring (bicyclic) bond motifs is 1. The fourth-order valence-electron chi connectivity index (χ4n) is 2.11. The van der Waals surface area contributed by atoms with E-state index in [0.29, 0.717) is 24.5 Å². The minimum Gasteiger partial charge on any atom is -0.480 e. The van der Waals surface area contributed by atoms with E-state index in [1.165, 1.54) is 17.4 Å². The van der Waals surface area contributed by atoms with Gasteiger partial charge in [0.05, 0.1) is 7.11 Å². The molecule has 2 heterocycles. The first-order valence-corrected chi connectivity index (χ1v) is 7.20. The van der Waals surface area contributed by atoms with E-state index in [-0.39, 0.29) is 0 Å². The highest BCUT2D eigenvalue weighted by Gasteiger charge is 2.13. The van der Waals surface area contributed by atoms with Crippen LogP contribution in [0.5, 0.6) is 5.88 Å². The summed E-state index contributed by atoms with van der Waals surface area (Å²) in [5.74, 6) is -1.10. The van der Waals surface area contributed by atoms with E-state index in [1.807, 2.05) is 16.0 Å².